The van der Waals surface area contributed by atoms with Crippen LogP contribution in [0, 0.1) is 0 Å². The first-order valence-electron chi connectivity index (χ1n) is 6.89. The highest BCUT2D eigenvalue weighted by Gasteiger charge is 2.23. The van der Waals surface area contributed by atoms with Gasteiger partial charge in [0.2, 0.25) is 0 Å². The zero-order chi connectivity index (χ0) is 14.7. The van der Waals surface area contributed by atoms with Crippen LogP contribution < -0.4 is 16.2 Å². The minimum Gasteiger partial charge on any atom is -0.392 e. The van der Waals surface area contributed by atoms with Gasteiger partial charge in [-0.25, -0.2) is 4.98 Å². The summed E-state index contributed by atoms with van der Waals surface area (Å²) >= 11 is 5.04. The summed E-state index contributed by atoms with van der Waals surface area (Å²) in [5, 5.41) is 0. The Hall–Kier alpha value is -1.47. The molecule has 1 unspecified atom stereocenters. The lowest BCUT2D eigenvalue weighted by Crippen LogP contribution is -2.53. The molecular weight excluding hydrogens is 274 g/mol. The quantitative estimate of drug-likeness (QED) is 0.769. The van der Waals surface area contributed by atoms with Gasteiger partial charge in [-0.3, -0.25) is 9.69 Å². The number of nitrogens with zero attached hydrogens (tertiary/aromatic N) is 3. The van der Waals surface area contributed by atoms with Crippen molar-refractivity contribution in [2.75, 3.05) is 31.1 Å². The second-order valence-electron chi connectivity index (χ2n) is 5.01. The van der Waals surface area contributed by atoms with Gasteiger partial charge in [-0.1, -0.05) is 19.1 Å². The normalized spacial score (nSPS) is 18.0. The Kier molecular flexibility index (Phi) is 4.72. The largest absolute Gasteiger partial charge is 0.392 e. The van der Waals surface area contributed by atoms with Crippen LogP contribution >= 0.6 is 12.2 Å². The Labute approximate surface area is 124 Å². The van der Waals surface area contributed by atoms with Gasteiger partial charge in [0, 0.05) is 38.7 Å². The summed E-state index contributed by atoms with van der Waals surface area (Å²) in [5.74, 6) is 1.49. The third-order valence-electron chi connectivity index (χ3n) is 3.71. The van der Waals surface area contributed by atoms with Crippen molar-refractivity contribution < 1.29 is 0 Å². The highest BCUT2D eigenvalue weighted by molar-refractivity contribution is 7.80. The van der Waals surface area contributed by atoms with E-state index in [2.05, 4.69) is 19.8 Å². The van der Waals surface area contributed by atoms with Crippen molar-refractivity contribution in [3.05, 3.63) is 22.2 Å². The molecule has 0 saturated carbocycles. The molecule has 0 amide bonds. The van der Waals surface area contributed by atoms with Crippen LogP contribution in [-0.2, 0) is 6.42 Å². The molecule has 110 valence electrons. The number of rotatable bonds is 4. The van der Waals surface area contributed by atoms with Gasteiger partial charge in [-0.2, -0.15) is 0 Å². The number of H-pyrrole nitrogens is 1. The van der Waals surface area contributed by atoms with E-state index in [1.54, 1.807) is 6.07 Å². The third-order valence-corrected chi connectivity index (χ3v) is 4.05. The Balaban J connectivity index is 2.05. The molecular formula is C13H21N5OS. The molecule has 0 radical (unpaired) electrons. The summed E-state index contributed by atoms with van der Waals surface area (Å²) < 4.78 is 0. The number of thiocarbonyl (C=S) groups is 1. The first-order valence-corrected chi connectivity index (χ1v) is 7.30. The number of anilines is 1. The van der Waals surface area contributed by atoms with Crippen molar-refractivity contribution in [3.63, 3.8) is 0 Å². The van der Waals surface area contributed by atoms with Gasteiger partial charge in [0.1, 0.15) is 11.6 Å². The van der Waals surface area contributed by atoms with Gasteiger partial charge >= 0.3 is 0 Å². The minimum absolute atomic E-state index is 0.0919. The van der Waals surface area contributed by atoms with Gasteiger partial charge < -0.3 is 15.6 Å². The van der Waals surface area contributed by atoms with Crippen LogP contribution in [0.15, 0.2) is 10.9 Å². The topological polar surface area (TPSA) is 78.2 Å². The van der Waals surface area contributed by atoms with Gasteiger partial charge in [0.15, 0.2) is 0 Å². The lowest BCUT2D eigenvalue weighted by Gasteiger charge is -2.38. The molecule has 2 heterocycles. The van der Waals surface area contributed by atoms with E-state index < -0.39 is 0 Å². The van der Waals surface area contributed by atoms with Gasteiger partial charge in [-0.15, -0.1) is 0 Å². The molecule has 2 rings (SSSR count). The zero-order valence-electron chi connectivity index (χ0n) is 11.9. The minimum atomic E-state index is -0.0919. The van der Waals surface area contributed by atoms with Gasteiger partial charge in [-0.05, 0) is 6.92 Å². The van der Waals surface area contributed by atoms with E-state index in [4.69, 9.17) is 18.0 Å². The molecule has 1 aliphatic rings. The molecule has 3 N–H and O–H groups in total. The fraction of sp³-hybridized carbons (Fsp3) is 0.615. The van der Waals surface area contributed by atoms with Crippen molar-refractivity contribution >= 4 is 23.0 Å². The van der Waals surface area contributed by atoms with Crippen molar-refractivity contribution in [1.29, 1.82) is 0 Å². The summed E-state index contributed by atoms with van der Waals surface area (Å²) in [6, 6.07) is 1.68. The molecule has 1 aromatic rings. The number of aromatic nitrogens is 2. The van der Waals surface area contributed by atoms with Gasteiger partial charge in [0.05, 0.1) is 11.0 Å². The van der Waals surface area contributed by atoms with Crippen LogP contribution in [0.25, 0.3) is 0 Å². The first-order chi connectivity index (χ1) is 9.51. The number of nitrogens with two attached hydrogens (primary N) is 1. The van der Waals surface area contributed by atoms with E-state index >= 15 is 0 Å². The van der Waals surface area contributed by atoms with E-state index in [0.717, 1.165) is 44.2 Å². The molecule has 7 heteroatoms. The van der Waals surface area contributed by atoms with Crippen molar-refractivity contribution in [1.82, 2.24) is 14.9 Å². The van der Waals surface area contributed by atoms with Crippen LogP contribution in [0.2, 0.25) is 0 Å². The molecule has 0 aliphatic carbocycles. The standard InChI is InChI=1S/C13H21N5OS/c1-3-10-15-11(8-12(19)16-10)18-6-4-17(5-7-18)9(2)13(14)20/h8-9H,3-7H2,1-2H3,(H2,14,20)(H,15,16,19). The summed E-state index contributed by atoms with van der Waals surface area (Å²) in [6.45, 7) is 7.39. The Morgan fingerprint density at radius 2 is 2.15 bits per heavy atom. The molecule has 6 nitrogen and oxygen atoms in total. The van der Waals surface area contributed by atoms with Crippen LogP contribution in [0.4, 0.5) is 5.82 Å². The Morgan fingerprint density at radius 1 is 1.50 bits per heavy atom. The molecule has 1 saturated heterocycles. The molecule has 1 aliphatic heterocycles. The average molecular weight is 295 g/mol. The number of hydrogen-bond acceptors (Lipinski definition) is 5. The summed E-state index contributed by atoms with van der Waals surface area (Å²) in [7, 11) is 0. The number of aromatic amines is 1. The lowest BCUT2D eigenvalue weighted by atomic mass is 10.2. The smallest absolute Gasteiger partial charge is 0.252 e. The maximum Gasteiger partial charge on any atom is 0.252 e. The average Bonchev–Trinajstić information content (AvgIpc) is 2.45. The van der Waals surface area contributed by atoms with Crippen LogP contribution in [0.3, 0.4) is 0 Å². The molecule has 0 aromatic carbocycles. The maximum absolute atomic E-state index is 11.6. The summed E-state index contributed by atoms with van der Waals surface area (Å²) in [4.78, 5) is 23.8. The zero-order valence-corrected chi connectivity index (χ0v) is 12.7. The molecule has 1 atom stereocenters. The fourth-order valence-electron chi connectivity index (χ4n) is 2.34. The molecule has 20 heavy (non-hydrogen) atoms. The molecule has 1 fully saturated rings. The van der Waals surface area contributed by atoms with E-state index in [-0.39, 0.29) is 11.6 Å². The van der Waals surface area contributed by atoms with Crippen molar-refractivity contribution in [3.8, 4) is 0 Å². The Bertz CT molecular complexity index is 536. The van der Waals surface area contributed by atoms with Crippen LogP contribution in [0.1, 0.15) is 19.7 Å². The van der Waals surface area contributed by atoms with Crippen molar-refractivity contribution in [2.24, 2.45) is 5.73 Å². The lowest BCUT2D eigenvalue weighted by molar-refractivity contribution is 0.238. The van der Waals surface area contributed by atoms with Gasteiger partial charge in [0.25, 0.3) is 5.56 Å². The molecule has 0 spiro atoms. The molecule has 0 bridgehead atoms. The second kappa shape index (κ2) is 6.32. The van der Waals surface area contributed by atoms with Crippen LogP contribution in [0.5, 0.6) is 0 Å². The number of hydrogen-bond donors (Lipinski definition) is 2. The monoisotopic (exact) mass is 295 g/mol. The van der Waals surface area contributed by atoms with Crippen molar-refractivity contribution in [2.45, 2.75) is 26.3 Å². The van der Waals surface area contributed by atoms with E-state index in [1.165, 1.54) is 0 Å². The fourth-order valence-corrected chi connectivity index (χ4v) is 2.49. The predicted molar refractivity (Wildman–Crippen MR) is 84.3 cm³/mol. The summed E-state index contributed by atoms with van der Waals surface area (Å²) in [5.41, 5.74) is 5.60. The Morgan fingerprint density at radius 3 is 2.70 bits per heavy atom. The van der Waals surface area contributed by atoms with E-state index in [1.807, 2.05) is 13.8 Å². The van der Waals surface area contributed by atoms with E-state index in [0.29, 0.717) is 4.99 Å². The first kappa shape index (κ1) is 14.9. The second-order valence-corrected chi connectivity index (χ2v) is 5.48. The number of aryl methyl sites for hydroxylation is 1. The summed E-state index contributed by atoms with van der Waals surface area (Å²) in [6.07, 6.45) is 0.724. The third kappa shape index (κ3) is 3.34. The maximum atomic E-state index is 11.6. The van der Waals surface area contributed by atoms with Crippen LogP contribution in [-0.4, -0.2) is 52.1 Å². The highest BCUT2D eigenvalue weighted by atomic mass is 32.1. The molecule has 1 aromatic heterocycles. The number of nitrogens with one attached hydrogen (secondary N) is 1. The van der Waals surface area contributed by atoms with E-state index in [9.17, 15) is 4.79 Å². The number of piperazine rings is 1. The predicted octanol–water partition coefficient (Wildman–Crippen LogP) is 0.129. The highest BCUT2D eigenvalue weighted by Crippen LogP contribution is 2.13. The SMILES string of the molecule is CCc1nc(N2CCN(C(C)C(N)=S)CC2)cc(=O)[nH]1.